The van der Waals surface area contributed by atoms with Crippen molar-refractivity contribution in [3.63, 3.8) is 0 Å². The zero-order valence-electron chi connectivity index (χ0n) is 21.9. The van der Waals surface area contributed by atoms with E-state index in [0.717, 1.165) is 31.6 Å². The van der Waals surface area contributed by atoms with Gasteiger partial charge >= 0.3 is 5.97 Å². The first-order chi connectivity index (χ1) is 17.7. The van der Waals surface area contributed by atoms with Crippen LogP contribution in [-0.4, -0.2) is 75.4 Å². The number of benzene rings is 2. The van der Waals surface area contributed by atoms with Gasteiger partial charge in [-0.05, 0) is 44.0 Å². The molecule has 1 heterocycles. The van der Waals surface area contributed by atoms with Crippen molar-refractivity contribution in [2.24, 2.45) is 0 Å². The zero-order valence-corrected chi connectivity index (χ0v) is 22.6. The maximum absolute atomic E-state index is 13.0. The van der Waals surface area contributed by atoms with Gasteiger partial charge in [-0.2, -0.15) is 0 Å². The highest BCUT2D eigenvalue weighted by atomic mass is 35.5. The first kappa shape index (κ1) is 28.7. The molecule has 0 spiro atoms. The van der Waals surface area contributed by atoms with Crippen LogP contribution in [-0.2, 0) is 16.0 Å². The van der Waals surface area contributed by atoms with E-state index in [4.69, 9.17) is 31.5 Å². The minimum atomic E-state index is -0.307. The number of hydrogen-bond donors (Lipinski definition) is 3. The topological polar surface area (TPSA) is 115 Å². The zero-order chi connectivity index (χ0) is 26.9. The number of hydrogen-bond acceptors (Lipinski definition) is 8. The normalized spacial score (nSPS) is 18.0. The second-order valence-electron chi connectivity index (χ2n) is 9.35. The van der Waals surface area contributed by atoms with Gasteiger partial charge in [-0.1, -0.05) is 23.7 Å². The van der Waals surface area contributed by atoms with Gasteiger partial charge in [0, 0.05) is 45.9 Å². The summed E-state index contributed by atoms with van der Waals surface area (Å²) in [5, 5.41) is 6.82. The summed E-state index contributed by atoms with van der Waals surface area (Å²) in [6.07, 6.45) is 0.466. The molecule has 1 aliphatic heterocycles. The van der Waals surface area contributed by atoms with Crippen molar-refractivity contribution in [3.8, 4) is 5.75 Å². The lowest BCUT2D eigenvalue weighted by molar-refractivity contribution is 0.00677. The molecule has 2 atom stereocenters. The number of amides is 1. The predicted molar refractivity (Wildman–Crippen MR) is 144 cm³/mol. The van der Waals surface area contributed by atoms with Crippen molar-refractivity contribution in [2.75, 3.05) is 46.1 Å². The Hall–Kier alpha value is -2.85. The fourth-order valence-corrected chi connectivity index (χ4v) is 4.42. The Morgan fingerprint density at radius 3 is 2.57 bits per heavy atom. The Kier molecular flexibility index (Phi) is 10.6. The molecule has 10 heteroatoms. The number of likely N-dealkylation sites (tertiary alicyclic amines) is 1. The summed E-state index contributed by atoms with van der Waals surface area (Å²) in [6.45, 7) is 7.55. The van der Waals surface area contributed by atoms with Gasteiger partial charge in [0.2, 0.25) is 0 Å². The van der Waals surface area contributed by atoms with Crippen molar-refractivity contribution in [1.82, 2.24) is 15.5 Å². The molecule has 0 radical (unpaired) electrons. The van der Waals surface area contributed by atoms with Crippen LogP contribution in [0.4, 0.5) is 5.69 Å². The molecule has 202 valence electrons. The molecule has 3 rings (SSSR count). The van der Waals surface area contributed by atoms with Crippen molar-refractivity contribution < 1.29 is 23.8 Å². The highest BCUT2D eigenvalue weighted by Crippen LogP contribution is 2.29. The molecule has 0 aliphatic carbocycles. The van der Waals surface area contributed by atoms with Crippen LogP contribution in [0.25, 0.3) is 0 Å². The molecule has 1 fully saturated rings. The van der Waals surface area contributed by atoms with Crippen molar-refractivity contribution in [1.29, 1.82) is 0 Å². The summed E-state index contributed by atoms with van der Waals surface area (Å²) in [5.41, 5.74) is 8.17. The van der Waals surface area contributed by atoms with Gasteiger partial charge in [0.1, 0.15) is 5.75 Å². The monoisotopic (exact) mass is 532 g/mol. The first-order valence-corrected chi connectivity index (χ1v) is 12.8. The highest BCUT2D eigenvalue weighted by Gasteiger charge is 2.31. The Labute approximate surface area is 223 Å². The smallest absolute Gasteiger partial charge is 0.338 e. The number of piperidine rings is 1. The van der Waals surface area contributed by atoms with Crippen LogP contribution in [0.3, 0.4) is 0 Å². The van der Waals surface area contributed by atoms with Gasteiger partial charge in [0.25, 0.3) is 5.91 Å². The number of nitrogens with one attached hydrogen (secondary N) is 2. The Bertz CT molecular complexity index is 1060. The molecule has 0 unspecified atom stereocenters. The first-order valence-electron chi connectivity index (χ1n) is 12.4. The van der Waals surface area contributed by atoms with Crippen molar-refractivity contribution >= 4 is 29.2 Å². The average Bonchev–Trinajstić information content (AvgIpc) is 2.88. The van der Waals surface area contributed by atoms with Crippen LogP contribution in [0, 0.1) is 0 Å². The predicted octanol–water partition coefficient (Wildman–Crippen LogP) is 3.10. The number of ether oxygens (including phenoxy) is 3. The molecule has 37 heavy (non-hydrogen) atoms. The number of carbonyl (C=O) groups is 2. The van der Waals surface area contributed by atoms with Gasteiger partial charge in [-0.15, -0.1) is 0 Å². The number of anilines is 1. The number of carbonyl (C=O) groups excluding carboxylic acids is 2. The molecule has 0 bridgehead atoms. The van der Waals surface area contributed by atoms with E-state index in [2.05, 4.69) is 15.5 Å². The number of methoxy groups -OCH3 is 2. The van der Waals surface area contributed by atoms with Crippen LogP contribution in [0.15, 0.2) is 36.4 Å². The van der Waals surface area contributed by atoms with Crippen LogP contribution in [0.1, 0.15) is 46.5 Å². The van der Waals surface area contributed by atoms with Crippen LogP contribution < -0.4 is 21.1 Å². The summed E-state index contributed by atoms with van der Waals surface area (Å²) in [4.78, 5) is 27.2. The van der Waals surface area contributed by atoms with E-state index in [1.54, 1.807) is 25.3 Å². The van der Waals surface area contributed by atoms with Gasteiger partial charge in [-0.3, -0.25) is 9.69 Å². The molecule has 0 aromatic heterocycles. The molecule has 2 aromatic rings. The quantitative estimate of drug-likeness (QED) is 0.230. The van der Waals surface area contributed by atoms with Crippen LogP contribution in [0.5, 0.6) is 5.75 Å². The van der Waals surface area contributed by atoms with Crippen LogP contribution >= 0.6 is 11.6 Å². The van der Waals surface area contributed by atoms with Crippen molar-refractivity contribution in [2.45, 2.75) is 45.1 Å². The molecular weight excluding hydrogens is 496 g/mol. The van der Waals surface area contributed by atoms with E-state index in [-0.39, 0.29) is 30.1 Å². The summed E-state index contributed by atoms with van der Waals surface area (Å²) in [6, 6.07) is 10.4. The van der Waals surface area contributed by atoms with E-state index in [9.17, 15) is 9.59 Å². The number of nitrogen functional groups attached to an aromatic ring is 1. The maximum Gasteiger partial charge on any atom is 0.338 e. The van der Waals surface area contributed by atoms with Gasteiger partial charge in [0.05, 0.1) is 47.2 Å². The molecule has 2 aromatic carbocycles. The number of halogens is 1. The Balaban J connectivity index is 1.45. The fourth-order valence-electron chi connectivity index (χ4n) is 4.26. The molecular formula is C27H37ClN4O5. The van der Waals surface area contributed by atoms with Gasteiger partial charge in [-0.25, -0.2) is 4.79 Å². The van der Waals surface area contributed by atoms with E-state index in [1.807, 2.05) is 26.0 Å². The number of rotatable bonds is 11. The van der Waals surface area contributed by atoms with E-state index in [1.165, 1.54) is 13.2 Å². The van der Waals surface area contributed by atoms with E-state index >= 15 is 0 Å². The average molecular weight is 533 g/mol. The molecule has 1 saturated heterocycles. The number of nitrogens with zero attached hydrogens (tertiary/aromatic N) is 1. The minimum absolute atomic E-state index is 0.136. The lowest BCUT2D eigenvalue weighted by Crippen LogP contribution is -2.55. The fraction of sp³-hybridized carbons (Fsp3) is 0.481. The Morgan fingerprint density at radius 2 is 1.92 bits per heavy atom. The van der Waals surface area contributed by atoms with Crippen molar-refractivity contribution in [3.05, 3.63) is 58.1 Å². The van der Waals surface area contributed by atoms with Crippen LogP contribution in [0.2, 0.25) is 5.02 Å². The Morgan fingerprint density at radius 1 is 1.19 bits per heavy atom. The third kappa shape index (κ3) is 8.07. The molecule has 1 amide bonds. The SMILES string of the molecule is COc1cc(N)c(Cl)cc1C(=O)N[C@@H]1CCN(CCNCc2ccc(C(=O)OC(C)C)cc2)C[C@@H]1OC. The summed E-state index contributed by atoms with van der Waals surface area (Å²) >= 11 is 6.12. The summed E-state index contributed by atoms with van der Waals surface area (Å²) in [7, 11) is 3.15. The number of esters is 1. The molecule has 9 nitrogen and oxygen atoms in total. The van der Waals surface area contributed by atoms with Gasteiger partial charge in [0.15, 0.2) is 0 Å². The molecule has 1 aliphatic rings. The summed E-state index contributed by atoms with van der Waals surface area (Å²) < 4.78 is 16.2. The maximum atomic E-state index is 13.0. The minimum Gasteiger partial charge on any atom is -0.496 e. The lowest BCUT2D eigenvalue weighted by atomic mass is 10.0. The summed E-state index contributed by atoms with van der Waals surface area (Å²) in [5.74, 6) is -0.204. The number of nitrogens with two attached hydrogens (primary N) is 1. The van der Waals surface area contributed by atoms with Gasteiger partial charge < -0.3 is 30.6 Å². The largest absolute Gasteiger partial charge is 0.496 e. The third-order valence-electron chi connectivity index (χ3n) is 6.29. The lowest BCUT2D eigenvalue weighted by Gasteiger charge is -2.38. The third-order valence-corrected chi connectivity index (χ3v) is 6.62. The second-order valence-corrected chi connectivity index (χ2v) is 9.75. The van der Waals surface area contributed by atoms with E-state index < -0.39 is 0 Å². The highest BCUT2D eigenvalue weighted by molar-refractivity contribution is 6.33. The second kappa shape index (κ2) is 13.6. The standard InChI is InChI=1S/C27H37ClN4O5/c1-17(2)37-27(34)19-7-5-18(6-8-19)15-30-10-12-32-11-9-23(25(16-32)36-4)31-26(33)20-13-21(28)22(29)14-24(20)35-3/h5-8,13-14,17,23,25,30H,9-12,15-16,29H2,1-4H3,(H,31,33)/t23-,25+/m1/s1. The molecule has 0 saturated carbocycles. The molecule has 4 N–H and O–H groups in total. The van der Waals surface area contributed by atoms with E-state index in [0.29, 0.717) is 40.7 Å².